The number of furan rings is 2. The molecular weight excluding hydrogens is 548 g/mol. The molecule has 3 aromatic heterocycles. The van der Waals surface area contributed by atoms with E-state index in [9.17, 15) is 9.59 Å². The van der Waals surface area contributed by atoms with Gasteiger partial charge in [0.05, 0.1) is 63.1 Å². The fourth-order valence-electron chi connectivity index (χ4n) is 4.84. The summed E-state index contributed by atoms with van der Waals surface area (Å²) >= 11 is 0. The lowest BCUT2D eigenvalue weighted by molar-refractivity contribution is 0.0996. The molecule has 3 heterocycles. The molecule has 218 valence electrons. The molecule has 5 aromatic rings. The summed E-state index contributed by atoms with van der Waals surface area (Å²) in [5.41, 5.74) is 2.16. The third-order valence-corrected chi connectivity index (χ3v) is 6.58. The zero-order valence-corrected chi connectivity index (χ0v) is 23.9. The van der Waals surface area contributed by atoms with Crippen molar-refractivity contribution in [3.8, 4) is 34.5 Å². The molecule has 0 radical (unpaired) electrons. The van der Waals surface area contributed by atoms with E-state index in [1.165, 1.54) is 61.1 Å². The highest BCUT2D eigenvalue weighted by atomic mass is 16.5. The summed E-state index contributed by atoms with van der Waals surface area (Å²) in [7, 11) is 5.85. The van der Waals surface area contributed by atoms with Gasteiger partial charge in [-0.05, 0) is 32.0 Å². The normalized spacial score (nSPS) is 11.0. The second-order valence-corrected chi connectivity index (χ2v) is 9.06. The van der Waals surface area contributed by atoms with E-state index >= 15 is 0 Å². The third-order valence-electron chi connectivity index (χ3n) is 6.58. The number of ether oxygens (including phenoxy) is 6. The Labute approximate surface area is 240 Å². The Balaban J connectivity index is 1.45. The molecular formula is C30H28N2O10. The number of nitrogens with zero attached hydrogens (tertiary/aromatic N) is 2. The summed E-state index contributed by atoms with van der Waals surface area (Å²) in [6.07, 6.45) is 4.31. The summed E-state index contributed by atoms with van der Waals surface area (Å²) in [5.74, 6) is 0.912. The number of hydrogen-bond donors (Lipinski definition) is 0. The maximum absolute atomic E-state index is 12.7. The smallest absolute Gasteiger partial charge is 0.205 e. The summed E-state index contributed by atoms with van der Waals surface area (Å²) < 4.78 is 45.6. The monoisotopic (exact) mass is 576 g/mol. The van der Waals surface area contributed by atoms with Crippen molar-refractivity contribution < 1.29 is 46.8 Å². The number of fused-ring (bicyclic) bond motifs is 2. The molecule has 0 N–H and O–H groups in total. The van der Waals surface area contributed by atoms with Crippen molar-refractivity contribution in [3.63, 3.8) is 0 Å². The van der Waals surface area contributed by atoms with Gasteiger partial charge in [-0.25, -0.2) is 9.97 Å². The van der Waals surface area contributed by atoms with Crippen LogP contribution in [0.5, 0.6) is 34.5 Å². The van der Waals surface area contributed by atoms with Gasteiger partial charge in [-0.15, -0.1) is 0 Å². The van der Waals surface area contributed by atoms with E-state index in [0.29, 0.717) is 44.8 Å². The molecule has 12 heteroatoms. The Bertz CT molecular complexity index is 1680. The van der Waals surface area contributed by atoms with Crippen LogP contribution in [-0.2, 0) is 13.2 Å². The van der Waals surface area contributed by atoms with Crippen molar-refractivity contribution >= 4 is 33.5 Å². The van der Waals surface area contributed by atoms with E-state index in [2.05, 4.69) is 9.97 Å². The van der Waals surface area contributed by atoms with Crippen molar-refractivity contribution in [3.05, 3.63) is 59.6 Å². The molecule has 0 unspecified atom stereocenters. The molecule has 12 nitrogen and oxygen atoms in total. The van der Waals surface area contributed by atoms with Crippen molar-refractivity contribution in [2.45, 2.75) is 27.1 Å². The number of methoxy groups -OCH3 is 4. The van der Waals surface area contributed by atoms with Gasteiger partial charge >= 0.3 is 0 Å². The van der Waals surface area contributed by atoms with E-state index in [1.54, 1.807) is 18.2 Å². The van der Waals surface area contributed by atoms with Crippen LogP contribution in [0.4, 0.5) is 0 Å². The molecule has 0 aliphatic rings. The van der Waals surface area contributed by atoms with Crippen LogP contribution in [-0.4, -0.2) is 50.0 Å². The number of aromatic nitrogens is 2. The molecule has 0 bridgehead atoms. The number of ketones is 2. The SMILES string of the molecule is COc1c(C(C)=O)c(OCc2cc(COc3c(C(C)=O)c(OC)c4ccoc4c3OC)ncn2)c(OC)c2occc12. The van der Waals surface area contributed by atoms with Gasteiger partial charge in [0.15, 0.2) is 34.2 Å². The molecule has 0 amide bonds. The minimum Gasteiger partial charge on any atom is -0.495 e. The molecule has 0 fully saturated rings. The van der Waals surface area contributed by atoms with Crippen LogP contribution < -0.4 is 28.4 Å². The first kappa shape index (κ1) is 28.3. The van der Waals surface area contributed by atoms with Crippen molar-refractivity contribution in [2.75, 3.05) is 28.4 Å². The minimum absolute atomic E-state index is 0.0459. The Morgan fingerprint density at radius 3 is 1.40 bits per heavy atom. The van der Waals surface area contributed by atoms with Crippen LogP contribution in [0.25, 0.3) is 21.9 Å². The highest BCUT2D eigenvalue weighted by Crippen LogP contribution is 2.48. The first-order chi connectivity index (χ1) is 20.3. The van der Waals surface area contributed by atoms with Gasteiger partial charge in [0, 0.05) is 0 Å². The second kappa shape index (κ2) is 11.7. The molecule has 0 saturated carbocycles. The summed E-state index contributed by atoms with van der Waals surface area (Å²) in [4.78, 5) is 33.9. The summed E-state index contributed by atoms with van der Waals surface area (Å²) in [6.45, 7) is 2.73. The van der Waals surface area contributed by atoms with Crippen molar-refractivity contribution in [1.29, 1.82) is 0 Å². The zero-order valence-electron chi connectivity index (χ0n) is 23.9. The van der Waals surface area contributed by atoms with Gasteiger partial charge in [0.2, 0.25) is 11.5 Å². The second-order valence-electron chi connectivity index (χ2n) is 9.06. The Kier molecular flexibility index (Phi) is 7.87. The standard InChI is InChI=1S/C30H28N2O10/c1-15(33)21-23(35-3)19-7-9-39-25(19)29(37-5)27(21)41-12-17-11-18(32-14-31-17)13-42-28-22(16(2)34)24(36-4)20-8-10-40-26(20)30(28)38-6/h7-11,14H,12-13H2,1-6H3. The number of carbonyl (C=O) groups excluding carboxylic acids is 2. The van der Waals surface area contributed by atoms with Crippen LogP contribution in [0.2, 0.25) is 0 Å². The Morgan fingerprint density at radius 1 is 0.643 bits per heavy atom. The van der Waals surface area contributed by atoms with Crippen LogP contribution in [0.3, 0.4) is 0 Å². The predicted octanol–water partition coefficient (Wildman–Crippen LogP) is 5.57. The quantitative estimate of drug-likeness (QED) is 0.171. The molecule has 42 heavy (non-hydrogen) atoms. The number of Topliss-reactive ketones (excluding diaryl/α,β-unsaturated/α-hetero) is 2. The lowest BCUT2D eigenvalue weighted by Gasteiger charge is -2.18. The van der Waals surface area contributed by atoms with E-state index in [-0.39, 0.29) is 58.9 Å². The molecule has 0 aliphatic heterocycles. The van der Waals surface area contributed by atoms with Gasteiger partial charge < -0.3 is 37.3 Å². The first-order valence-electron chi connectivity index (χ1n) is 12.7. The molecule has 0 aliphatic carbocycles. The average Bonchev–Trinajstić information content (AvgIpc) is 3.67. The maximum atomic E-state index is 12.7. The number of hydrogen-bond acceptors (Lipinski definition) is 12. The lowest BCUT2D eigenvalue weighted by atomic mass is 10.0. The van der Waals surface area contributed by atoms with E-state index in [4.69, 9.17) is 37.3 Å². The zero-order chi connectivity index (χ0) is 30.0. The van der Waals surface area contributed by atoms with E-state index < -0.39 is 0 Å². The number of rotatable bonds is 12. The van der Waals surface area contributed by atoms with Crippen LogP contribution in [0.1, 0.15) is 46.0 Å². The van der Waals surface area contributed by atoms with Crippen molar-refractivity contribution in [2.24, 2.45) is 0 Å². The lowest BCUT2D eigenvalue weighted by Crippen LogP contribution is -2.09. The molecule has 0 saturated heterocycles. The van der Waals surface area contributed by atoms with Crippen LogP contribution in [0, 0.1) is 0 Å². The van der Waals surface area contributed by atoms with E-state index in [1.807, 2.05) is 0 Å². The van der Waals surface area contributed by atoms with Crippen molar-refractivity contribution in [1.82, 2.24) is 9.97 Å². The van der Waals surface area contributed by atoms with Gasteiger partial charge in [-0.1, -0.05) is 0 Å². The van der Waals surface area contributed by atoms with Crippen LogP contribution in [0.15, 0.2) is 45.9 Å². The highest BCUT2D eigenvalue weighted by Gasteiger charge is 2.29. The number of benzene rings is 2. The predicted molar refractivity (Wildman–Crippen MR) is 149 cm³/mol. The van der Waals surface area contributed by atoms with Gasteiger partial charge in [0.25, 0.3) is 0 Å². The molecule has 2 aromatic carbocycles. The van der Waals surface area contributed by atoms with Gasteiger partial charge in [-0.2, -0.15) is 0 Å². The Hall–Kier alpha value is -5.26. The van der Waals surface area contributed by atoms with E-state index in [0.717, 1.165) is 0 Å². The summed E-state index contributed by atoms with van der Waals surface area (Å²) in [5, 5.41) is 1.16. The molecule has 5 rings (SSSR count). The largest absolute Gasteiger partial charge is 0.495 e. The number of carbonyl (C=O) groups is 2. The topological polar surface area (TPSA) is 142 Å². The van der Waals surface area contributed by atoms with Gasteiger partial charge in [-0.3, -0.25) is 9.59 Å². The van der Waals surface area contributed by atoms with Crippen LogP contribution >= 0.6 is 0 Å². The van der Waals surface area contributed by atoms with Gasteiger partial charge in [0.1, 0.15) is 42.2 Å². The first-order valence-corrected chi connectivity index (χ1v) is 12.7. The fraction of sp³-hybridized carbons (Fsp3) is 0.267. The molecule has 0 spiro atoms. The highest BCUT2D eigenvalue weighted by molar-refractivity contribution is 6.09. The average molecular weight is 577 g/mol. The minimum atomic E-state index is -0.279. The maximum Gasteiger partial charge on any atom is 0.205 e. The molecule has 0 atom stereocenters. The Morgan fingerprint density at radius 2 is 1.05 bits per heavy atom. The fourth-order valence-corrected chi connectivity index (χ4v) is 4.84. The third kappa shape index (κ3) is 4.80. The summed E-state index contributed by atoms with van der Waals surface area (Å²) in [6, 6.07) is 5.05.